The molecule has 0 radical (unpaired) electrons. The van der Waals surface area contributed by atoms with E-state index in [4.69, 9.17) is 23.2 Å². The van der Waals surface area contributed by atoms with Crippen LogP contribution in [-0.4, -0.2) is 48.9 Å². The molecule has 24 heavy (non-hydrogen) atoms. The van der Waals surface area contributed by atoms with Crippen molar-refractivity contribution in [2.75, 3.05) is 25.5 Å². The standard InChI is InChI=1S/C15H18Cl2N4O3/c1-21(8-14(23)20-15(24)19-9-2-3-9)7-13(22)18-10-4-5-11(16)12(17)6-10/h4-6,9H,2-3,7-8H2,1H3,(H,18,22)(H2,19,20,23,24). The fourth-order valence-electron chi connectivity index (χ4n) is 1.94. The summed E-state index contributed by atoms with van der Waals surface area (Å²) in [4.78, 5) is 36.6. The number of rotatable bonds is 6. The molecular weight excluding hydrogens is 355 g/mol. The molecule has 0 spiro atoms. The van der Waals surface area contributed by atoms with E-state index >= 15 is 0 Å². The molecule has 1 aromatic rings. The number of likely N-dealkylation sites (N-methyl/N-ethyl adjacent to an activating group) is 1. The summed E-state index contributed by atoms with van der Waals surface area (Å²) < 4.78 is 0. The van der Waals surface area contributed by atoms with Crippen LogP contribution in [0.4, 0.5) is 10.5 Å². The number of halogens is 2. The minimum absolute atomic E-state index is 0.0160. The third-order valence-corrected chi connectivity index (χ3v) is 3.93. The smallest absolute Gasteiger partial charge is 0.321 e. The fourth-order valence-corrected chi connectivity index (χ4v) is 2.23. The molecule has 1 fully saturated rings. The lowest BCUT2D eigenvalue weighted by molar-refractivity contribution is -0.122. The molecule has 0 saturated heterocycles. The Morgan fingerprint density at radius 3 is 2.42 bits per heavy atom. The van der Waals surface area contributed by atoms with Crippen molar-refractivity contribution in [3.63, 3.8) is 0 Å². The largest absolute Gasteiger partial charge is 0.335 e. The van der Waals surface area contributed by atoms with Crippen molar-refractivity contribution in [1.82, 2.24) is 15.5 Å². The Hall–Kier alpha value is -1.83. The van der Waals surface area contributed by atoms with E-state index in [1.165, 1.54) is 11.0 Å². The topological polar surface area (TPSA) is 90.5 Å². The lowest BCUT2D eigenvalue weighted by Crippen LogP contribution is -2.45. The van der Waals surface area contributed by atoms with E-state index in [1.807, 2.05) is 0 Å². The second kappa shape index (κ2) is 8.32. The van der Waals surface area contributed by atoms with E-state index in [0.29, 0.717) is 15.7 Å². The quantitative estimate of drug-likeness (QED) is 0.710. The summed E-state index contributed by atoms with van der Waals surface area (Å²) in [5.74, 6) is -0.788. The van der Waals surface area contributed by atoms with Crippen molar-refractivity contribution >= 4 is 46.7 Å². The first-order valence-electron chi connectivity index (χ1n) is 7.37. The highest BCUT2D eigenvalue weighted by atomic mass is 35.5. The van der Waals surface area contributed by atoms with Crippen LogP contribution in [0.15, 0.2) is 18.2 Å². The number of carbonyl (C=O) groups is 3. The van der Waals surface area contributed by atoms with Gasteiger partial charge in [-0.05, 0) is 38.1 Å². The number of anilines is 1. The number of nitrogens with zero attached hydrogens (tertiary/aromatic N) is 1. The molecule has 0 aromatic heterocycles. The Labute approximate surface area is 149 Å². The summed E-state index contributed by atoms with van der Waals surface area (Å²) in [5.41, 5.74) is 0.510. The number of carbonyl (C=O) groups excluding carboxylic acids is 3. The van der Waals surface area contributed by atoms with Gasteiger partial charge in [0.15, 0.2) is 0 Å². The van der Waals surface area contributed by atoms with Crippen molar-refractivity contribution < 1.29 is 14.4 Å². The Morgan fingerprint density at radius 2 is 1.79 bits per heavy atom. The van der Waals surface area contributed by atoms with Gasteiger partial charge in [-0.3, -0.25) is 19.8 Å². The first-order valence-corrected chi connectivity index (χ1v) is 8.13. The summed E-state index contributed by atoms with van der Waals surface area (Å²) in [7, 11) is 1.60. The van der Waals surface area contributed by atoms with E-state index in [1.54, 1.807) is 19.2 Å². The predicted octanol–water partition coefficient (Wildman–Crippen LogP) is 1.85. The van der Waals surface area contributed by atoms with Gasteiger partial charge < -0.3 is 10.6 Å². The van der Waals surface area contributed by atoms with E-state index in [9.17, 15) is 14.4 Å². The first-order chi connectivity index (χ1) is 11.3. The lowest BCUT2D eigenvalue weighted by Gasteiger charge is -2.16. The van der Waals surface area contributed by atoms with Gasteiger partial charge in [-0.15, -0.1) is 0 Å². The highest BCUT2D eigenvalue weighted by Crippen LogP contribution is 2.24. The highest BCUT2D eigenvalue weighted by molar-refractivity contribution is 6.42. The van der Waals surface area contributed by atoms with Crippen molar-refractivity contribution in [1.29, 1.82) is 0 Å². The summed E-state index contributed by atoms with van der Waals surface area (Å²) in [6, 6.07) is 4.41. The molecule has 0 heterocycles. The van der Waals surface area contributed by atoms with Gasteiger partial charge in [-0.2, -0.15) is 0 Å². The predicted molar refractivity (Wildman–Crippen MR) is 92.3 cm³/mol. The molecule has 130 valence electrons. The average molecular weight is 373 g/mol. The van der Waals surface area contributed by atoms with Crippen molar-refractivity contribution in [2.45, 2.75) is 18.9 Å². The third kappa shape index (κ3) is 6.35. The fraction of sp³-hybridized carbons (Fsp3) is 0.400. The lowest BCUT2D eigenvalue weighted by atomic mass is 10.3. The van der Waals surface area contributed by atoms with Crippen LogP contribution in [-0.2, 0) is 9.59 Å². The van der Waals surface area contributed by atoms with Crippen LogP contribution in [0, 0.1) is 0 Å². The Morgan fingerprint density at radius 1 is 1.12 bits per heavy atom. The molecule has 1 aliphatic carbocycles. The van der Waals surface area contributed by atoms with Crippen LogP contribution in [0.25, 0.3) is 0 Å². The van der Waals surface area contributed by atoms with Crippen LogP contribution in [0.3, 0.4) is 0 Å². The Balaban J connectivity index is 1.72. The van der Waals surface area contributed by atoms with E-state index < -0.39 is 11.9 Å². The third-order valence-electron chi connectivity index (χ3n) is 3.20. The van der Waals surface area contributed by atoms with Gasteiger partial charge >= 0.3 is 6.03 Å². The summed E-state index contributed by atoms with van der Waals surface area (Å²) in [6.07, 6.45) is 1.88. The van der Waals surface area contributed by atoms with Gasteiger partial charge in [0.05, 0.1) is 23.1 Å². The van der Waals surface area contributed by atoms with Crippen molar-refractivity contribution in [3.8, 4) is 0 Å². The SMILES string of the molecule is CN(CC(=O)NC(=O)NC1CC1)CC(=O)Nc1ccc(Cl)c(Cl)c1. The van der Waals surface area contributed by atoms with E-state index in [2.05, 4.69) is 16.0 Å². The molecule has 0 atom stereocenters. The molecule has 2 rings (SSSR count). The molecule has 7 nitrogen and oxygen atoms in total. The minimum Gasteiger partial charge on any atom is -0.335 e. The average Bonchev–Trinajstić information content (AvgIpc) is 3.25. The normalized spacial score (nSPS) is 13.5. The number of hydrogen-bond acceptors (Lipinski definition) is 4. The molecule has 1 saturated carbocycles. The van der Waals surface area contributed by atoms with Gasteiger partial charge in [-0.25, -0.2) is 4.79 Å². The van der Waals surface area contributed by atoms with Gasteiger partial charge in [0.25, 0.3) is 0 Å². The molecule has 1 aliphatic rings. The molecule has 3 N–H and O–H groups in total. The summed E-state index contributed by atoms with van der Waals surface area (Å²) in [6.45, 7) is -0.0925. The number of nitrogens with one attached hydrogen (secondary N) is 3. The maximum atomic E-state index is 11.9. The first kappa shape index (κ1) is 18.5. The van der Waals surface area contributed by atoms with Crippen LogP contribution >= 0.6 is 23.2 Å². The summed E-state index contributed by atoms with van der Waals surface area (Å²) >= 11 is 11.7. The maximum Gasteiger partial charge on any atom is 0.321 e. The van der Waals surface area contributed by atoms with Crippen LogP contribution < -0.4 is 16.0 Å². The van der Waals surface area contributed by atoms with Crippen molar-refractivity contribution in [3.05, 3.63) is 28.2 Å². The van der Waals surface area contributed by atoms with Gasteiger partial charge in [0.2, 0.25) is 11.8 Å². The van der Waals surface area contributed by atoms with Crippen molar-refractivity contribution in [2.24, 2.45) is 0 Å². The molecule has 0 aliphatic heterocycles. The number of hydrogen-bond donors (Lipinski definition) is 3. The van der Waals surface area contributed by atoms with Crippen LogP contribution in [0.5, 0.6) is 0 Å². The Bertz CT molecular complexity index is 650. The van der Waals surface area contributed by atoms with E-state index in [-0.39, 0.29) is 25.0 Å². The van der Waals surface area contributed by atoms with Gasteiger partial charge in [0, 0.05) is 11.7 Å². The zero-order valence-corrected chi connectivity index (χ0v) is 14.6. The molecular formula is C15H18Cl2N4O3. The highest BCUT2D eigenvalue weighted by Gasteiger charge is 2.24. The molecule has 0 bridgehead atoms. The number of imide groups is 1. The number of benzene rings is 1. The summed E-state index contributed by atoms with van der Waals surface area (Å²) in [5, 5.41) is 8.26. The monoisotopic (exact) mass is 372 g/mol. The van der Waals surface area contributed by atoms with Crippen LogP contribution in [0.1, 0.15) is 12.8 Å². The second-order valence-corrected chi connectivity index (χ2v) is 6.46. The molecule has 1 aromatic carbocycles. The molecule has 9 heteroatoms. The van der Waals surface area contributed by atoms with Gasteiger partial charge in [-0.1, -0.05) is 23.2 Å². The molecule has 0 unspecified atom stereocenters. The maximum absolute atomic E-state index is 11.9. The van der Waals surface area contributed by atoms with Crippen LogP contribution in [0.2, 0.25) is 10.0 Å². The van der Waals surface area contributed by atoms with E-state index in [0.717, 1.165) is 12.8 Å². The molecule has 4 amide bonds. The zero-order chi connectivity index (χ0) is 17.7. The second-order valence-electron chi connectivity index (χ2n) is 5.65. The number of urea groups is 1. The minimum atomic E-state index is -0.504. The van der Waals surface area contributed by atoms with Gasteiger partial charge in [0.1, 0.15) is 0 Å². The number of amides is 4. The Kier molecular flexibility index (Phi) is 6.42. The zero-order valence-electron chi connectivity index (χ0n) is 13.1.